The second-order valence-corrected chi connectivity index (χ2v) is 12.1. The maximum Gasteiger partial charge on any atom is 0.251 e. The van der Waals surface area contributed by atoms with E-state index in [-0.39, 0.29) is 11.8 Å². The largest absolute Gasteiger partial charge is 0.348 e. The summed E-state index contributed by atoms with van der Waals surface area (Å²) in [7, 11) is 0. The zero-order valence-corrected chi connectivity index (χ0v) is 25.8. The Kier molecular flexibility index (Phi) is 11.3. The predicted octanol–water partition coefficient (Wildman–Crippen LogP) is 6.32. The number of hydrogen-bond acceptors (Lipinski definition) is 5. The number of rotatable bonds is 7. The van der Waals surface area contributed by atoms with Crippen LogP contribution in [0.3, 0.4) is 0 Å². The fourth-order valence-electron chi connectivity index (χ4n) is 6.42. The Labute approximate surface area is 257 Å². The van der Waals surface area contributed by atoms with Crippen LogP contribution in [0.5, 0.6) is 0 Å². The fourth-order valence-corrected chi connectivity index (χ4v) is 6.42. The van der Waals surface area contributed by atoms with E-state index in [1.807, 2.05) is 35.4 Å². The third-order valence-electron chi connectivity index (χ3n) is 8.79. The minimum absolute atomic E-state index is 0.0413. The number of likely N-dealkylation sites (tertiary alicyclic amines) is 1. The third kappa shape index (κ3) is 8.97. The molecular formula is C36H47N5O2. The Morgan fingerprint density at radius 1 is 0.767 bits per heavy atom. The van der Waals surface area contributed by atoms with Crippen LogP contribution in [0.15, 0.2) is 67.0 Å². The summed E-state index contributed by atoms with van der Waals surface area (Å²) in [6.07, 6.45) is 13.2. The van der Waals surface area contributed by atoms with Crippen molar-refractivity contribution in [1.82, 2.24) is 20.1 Å². The van der Waals surface area contributed by atoms with Crippen molar-refractivity contribution in [3.05, 3.63) is 94.8 Å². The topological polar surface area (TPSA) is 68.8 Å². The van der Waals surface area contributed by atoms with Crippen molar-refractivity contribution < 1.29 is 9.59 Å². The normalized spacial score (nSPS) is 17.4. The lowest BCUT2D eigenvalue weighted by Crippen LogP contribution is -2.33. The van der Waals surface area contributed by atoms with Gasteiger partial charge in [-0.05, 0) is 91.8 Å². The SMILES string of the molecule is CC(=O)N1CCCCCCCN(Cc2cccnc2)Cc2cc(C(=O)NCc3ccccc3CN3CCCCC3)ccc21. The molecule has 1 saturated heterocycles. The minimum atomic E-state index is -0.0881. The summed E-state index contributed by atoms with van der Waals surface area (Å²) >= 11 is 0. The van der Waals surface area contributed by atoms with Crippen LogP contribution < -0.4 is 10.2 Å². The van der Waals surface area contributed by atoms with Gasteiger partial charge in [-0.15, -0.1) is 0 Å². The Balaban J connectivity index is 1.36. The first-order valence-corrected chi connectivity index (χ1v) is 16.2. The van der Waals surface area contributed by atoms with E-state index < -0.39 is 0 Å². The van der Waals surface area contributed by atoms with Crippen molar-refractivity contribution in [2.45, 2.75) is 84.5 Å². The summed E-state index contributed by atoms with van der Waals surface area (Å²) in [4.78, 5) is 37.5. The number of amides is 2. The molecule has 1 N–H and O–H groups in total. The number of nitrogens with one attached hydrogen (secondary N) is 1. The molecule has 1 aromatic heterocycles. The molecule has 228 valence electrons. The number of aromatic nitrogens is 1. The quantitative estimate of drug-likeness (QED) is 0.354. The molecule has 0 bridgehead atoms. The number of fused-ring (bicyclic) bond motifs is 1. The number of pyridine rings is 1. The zero-order valence-electron chi connectivity index (χ0n) is 25.8. The number of benzene rings is 2. The van der Waals surface area contributed by atoms with Crippen molar-refractivity contribution in [3.8, 4) is 0 Å². The molecule has 5 rings (SSSR count). The number of hydrogen-bond donors (Lipinski definition) is 1. The van der Waals surface area contributed by atoms with Gasteiger partial charge in [0.1, 0.15) is 0 Å². The van der Waals surface area contributed by atoms with Gasteiger partial charge in [-0.1, -0.05) is 56.0 Å². The molecule has 2 aliphatic rings. The van der Waals surface area contributed by atoms with Gasteiger partial charge in [0.2, 0.25) is 5.91 Å². The first kappa shape index (κ1) is 30.9. The predicted molar refractivity (Wildman–Crippen MR) is 173 cm³/mol. The van der Waals surface area contributed by atoms with Gasteiger partial charge >= 0.3 is 0 Å². The highest BCUT2D eigenvalue weighted by Crippen LogP contribution is 2.27. The lowest BCUT2D eigenvalue weighted by Gasteiger charge is -2.29. The second-order valence-electron chi connectivity index (χ2n) is 12.1. The molecule has 43 heavy (non-hydrogen) atoms. The van der Waals surface area contributed by atoms with Crippen molar-refractivity contribution in [2.24, 2.45) is 0 Å². The van der Waals surface area contributed by atoms with E-state index in [1.165, 1.54) is 37.7 Å². The fraction of sp³-hybridized carbons (Fsp3) is 0.472. The van der Waals surface area contributed by atoms with Crippen molar-refractivity contribution >= 4 is 17.5 Å². The summed E-state index contributed by atoms with van der Waals surface area (Å²) in [5.74, 6) is -0.0468. The monoisotopic (exact) mass is 581 g/mol. The van der Waals surface area contributed by atoms with Gasteiger partial charge in [-0.2, -0.15) is 0 Å². The van der Waals surface area contributed by atoms with Crippen molar-refractivity contribution in [2.75, 3.05) is 31.1 Å². The van der Waals surface area contributed by atoms with Gasteiger partial charge in [0.05, 0.1) is 0 Å². The molecule has 0 unspecified atom stereocenters. The van der Waals surface area contributed by atoms with Crippen LogP contribution in [0.25, 0.3) is 0 Å². The first-order valence-electron chi connectivity index (χ1n) is 16.2. The Hall–Kier alpha value is -3.55. The molecule has 0 atom stereocenters. The van der Waals surface area contributed by atoms with Crippen LogP contribution in [-0.4, -0.2) is 52.8 Å². The summed E-state index contributed by atoms with van der Waals surface area (Å²) in [6, 6.07) is 18.4. The van der Waals surface area contributed by atoms with Crippen LogP contribution >= 0.6 is 0 Å². The molecule has 2 aliphatic heterocycles. The average Bonchev–Trinajstić information content (AvgIpc) is 3.02. The Bertz CT molecular complexity index is 1340. The van der Waals surface area contributed by atoms with Gasteiger partial charge in [-0.25, -0.2) is 0 Å². The molecule has 0 aliphatic carbocycles. The molecule has 1 fully saturated rings. The van der Waals surface area contributed by atoms with E-state index in [2.05, 4.69) is 50.4 Å². The second kappa shape index (κ2) is 15.8. The molecule has 0 radical (unpaired) electrons. The maximum atomic E-state index is 13.5. The first-order chi connectivity index (χ1) is 21.1. The molecule has 2 amide bonds. The van der Waals surface area contributed by atoms with Crippen LogP contribution in [0.2, 0.25) is 0 Å². The molecule has 0 spiro atoms. The summed E-state index contributed by atoms with van der Waals surface area (Å²) in [5, 5.41) is 3.19. The van der Waals surface area contributed by atoms with E-state index in [1.54, 1.807) is 13.1 Å². The number of carbonyl (C=O) groups excluding carboxylic acids is 2. The Morgan fingerprint density at radius 3 is 2.21 bits per heavy atom. The smallest absolute Gasteiger partial charge is 0.251 e. The number of anilines is 1. The molecule has 3 aromatic rings. The molecule has 2 aromatic carbocycles. The number of carbonyl (C=O) groups is 2. The van der Waals surface area contributed by atoms with Crippen molar-refractivity contribution in [1.29, 1.82) is 0 Å². The van der Waals surface area contributed by atoms with E-state index in [9.17, 15) is 9.59 Å². The van der Waals surface area contributed by atoms with Crippen LogP contribution in [0.4, 0.5) is 5.69 Å². The van der Waals surface area contributed by atoms with Crippen LogP contribution in [-0.2, 0) is 31.0 Å². The van der Waals surface area contributed by atoms with Crippen LogP contribution in [0, 0.1) is 0 Å². The third-order valence-corrected chi connectivity index (χ3v) is 8.79. The van der Waals surface area contributed by atoms with E-state index in [4.69, 9.17) is 0 Å². The number of nitrogens with zero attached hydrogens (tertiary/aromatic N) is 4. The van der Waals surface area contributed by atoms with Crippen molar-refractivity contribution in [3.63, 3.8) is 0 Å². The van der Waals surface area contributed by atoms with E-state index >= 15 is 0 Å². The minimum Gasteiger partial charge on any atom is -0.348 e. The summed E-state index contributed by atoms with van der Waals surface area (Å²) < 4.78 is 0. The molecular weight excluding hydrogens is 534 g/mol. The van der Waals surface area contributed by atoms with Gasteiger partial charge < -0.3 is 10.2 Å². The average molecular weight is 582 g/mol. The Morgan fingerprint density at radius 2 is 1.47 bits per heavy atom. The lowest BCUT2D eigenvalue weighted by molar-refractivity contribution is -0.116. The van der Waals surface area contributed by atoms with Crippen LogP contribution in [0.1, 0.15) is 90.9 Å². The van der Waals surface area contributed by atoms with E-state index in [0.717, 1.165) is 74.4 Å². The van der Waals surface area contributed by atoms with Gasteiger partial charge in [-0.3, -0.25) is 24.4 Å². The standard InChI is InChI=1S/C36H47N5O2/c1-29(42)41-22-11-4-2-3-8-21-40(26-30-13-12-18-37-24-30)28-34-23-31(16-17-35(34)41)36(43)38-25-32-14-6-7-15-33(32)27-39-19-9-5-10-20-39/h6-7,12-18,23-24H,2-5,8-11,19-22,25-28H2,1H3,(H,38,43). The van der Waals surface area contributed by atoms with Gasteiger partial charge in [0.25, 0.3) is 5.91 Å². The summed E-state index contributed by atoms with van der Waals surface area (Å²) in [5.41, 5.74) is 6.16. The zero-order chi connectivity index (χ0) is 29.9. The maximum absolute atomic E-state index is 13.5. The molecule has 0 saturated carbocycles. The molecule has 7 heteroatoms. The van der Waals surface area contributed by atoms with Gasteiger partial charge in [0.15, 0.2) is 0 Å². The summed E-state index contributed by atoms with van der Waals surface area (Å²) in [6.45, 7) is 8.44. The highest BCUT2D eigenvalue weighted by molar-refractivity contribution is 5.97. The lowest BCUT2D eigenvalue weighted by atomic mass is 10.0. The molecule has 7 nitrogen and oxygen atoms in total. The van der Waals surface area contributed by atoms with Gasteiger partial charge in [0, 0.05) is 63.3 Å². The van der Waals surface area contributed by atoms with E-state index in [0.29, 0.717) is 25.2 Å². The highest BCUT2D eigenvalue weighted by Gasteiger charge is 2.21. The highest BCUT2D eigenvalue weighted by atomic mass is 16.2. The number of piperidine rings is 1. The molecule has 3 heterocycles.